The second-order valence-electron chi connectivity index (χ2n) is 6.03. The molecule has 2 rings (SSSR count). The second kappa shape index (κ2) is 9.09. The summed E-state index contributed by atoms with van der Waals surface area (Å²) in [6, 6.07) is 13.2. The fourth-order valence-corrected chi connectivity index (χ4v) is 2.77. The largest absolute Gasteiger partial charge is 0.489 e. The number of likely N-dealkylation sites (N-methyl/N-ethyl adjacent to an activating group) is 1. The Morgan fingerprint density at radius 1 is 1.20 bits per heavy atom. The van der Waals surface area contributed by atoms with Crippen LogP contribution in [0.15, 0.2) is 42.5 Å². The van der Waals surface area contributed by atoms with Crippen LogP contribution < -0.4 is 4.74 Å². The van der Waals surface area contributed by atoms with E-state index in [2.05, 4.69) is 0 Å². The van der Waals surface area contributed by atoms with Gasteiger partial charge in [-0.3, -0.25) is 9.69 Å². The molecule has 1 atom stereocenters. The van der Waals surface area contributed by atoms with Crippen molar-refractivity contribution in [3.63, 3.8) is 0 Å². The molecule has 0 radical (unpaired) electrons. The molecule has 0 aliphatic carbocycles. The van der Waals surface area contributed by atoms with Crippen LogP contribution in [0.1, 0.15) is 18.1 Å². The summed E-state index contributed by atoms with van der Waals surface area (Å²) in [5.74, 6) is -0.0795. The highest BCUT2D eigenvalue weighted by atomic mass is 35.5. The zero-order valence-corrected chi connectivity index (χ0v) is 15.7. The Labute approximate surface area is 157 Å². The van der Waals surface area contributed by atoms with Gasteiger partial charge in [0.2, 0.25) is 0 Å². The van der Waals surface area contributed by atoms with Gasteiger partial charge in [-0.1, -0.05) is 35.3 Å². The molecule has 1 N–H and O–H groups in total. The second-order valence-corrected chi connectivity index (χ2v) is 6.87. The third-order valence-corrected chi connectivity index (χ3v) is 4.60. The molecule has 134 valence electrons. The van der Waals surface area contributed by atoms with Gasteiger partial charge < -0.3 is 9.84 Å². The Morgan fingerprint density at radius 2 is 1.88 bits per heavy atom. The minimum Gasteiger partial charge on any atom is -0.489 e. The van der Waals surface area contributed by atoms with Crippen molar-refractivity contribution in [2.75, 3.05) is 13.6 Å². The fraction of sp³-hybridized carbons (Fsp3) is 0.316. The molecule has 0 heterocycles. The SMILES string of the molecule is C[C@H](Cc1ccc(OCc2cc(Cl)ccc2Cl)cc1)N(C)CC(=O)O. The highest BCUT2D eigenvalue weighted by molar-refractivity contribution is 6.33. The van der Waals surface area contributed by atoms with Crippen molar-refractivity contribution in [1.82, 2.24) is 4.90 Å². The zero-order chi connectivity index (χ0) is 18.4. The average Bonchev–Trinajstić information content (AvgIpc) is 2.56. The molecule has 0 unspecified atom stereocenters. The molecule has 0 aromatic heterocycles. The summed E-state index contributed by atoms with van der Waals surface area (Å²) in [5, 5.41) is 10.1. The Bertz CT molecular complexity index is 719. The van der Waals surface area contributed by atoms with Gasteiger partial charge in [0.05, 0.1) is 6.54 Å². The number of carboxylic acids is 1. The molecule has 2 aromatic carbocycles. The molecule has 25 heavy (non-hydrogen) atoms. The molecule has 0 spiro atoms. The van der Waals surface area contributed by atoms with E-state index in [-0.39, 0.29) is 12.6 Å². The maximum absolute atomic E-state index is 10.8. The smallest absolute Gasteiger partial charge is 0.317 e. The Hall–Kier alpha value is -1.75. The van der Waals surface area contributed by atoms with Crippen LogP contribution in [0.3, 0.4) is 0 Å². The lowest BCUT2D eigenvalue weighted by Crippen LogP contribution is -2.35. The lowest BCUT2D eigenvalue weighted by Gasteiger charge is -2.22. The maximum atomic E-state index is 10.8. The van der Waals surface area contributed by atoms with Gasteiger partial charge in [-0.2, -0.15) is 0 Å². The Kier molecular flexibility index (Phi) is 7.12. The van der Waals surface area contributed by atoms with E-state index in [0.29, 0.717) is 16.7 Å². The first-order valence-corrected chi connectivity index (χ1v) is 8.68. The first-order valence-electron chi connectivity index (χ1n) is 7.93. The molecule has 2 aromatic rings. The van der Waals surface area contributed by atoms with Crippen molar-refractivity contribution in [2.45, 2.75) is 26.0 Å². The number of halogens is 2. The van der Waals surface area contributed by atoms with Crippen molar-refractivity contribution in [1.29, 1.82) is 0 Å². The highest BCUT2D eigenvalue weighted by Gasteiger charge is 2.13. The van der Waals surface area contributed by atoms with E-state index >= 15 is 0 Å². The van der Waals surface area contributed by atoms with Gasteiger partial charge in [-0.05, 0) is 56.3 Å². The van der Waals surface area contributed by atoms with Gasteiger partial charge in [-0.15, -0.1) is 0 Å². The lowest BCUT2D eigenvalue weighted by molar-refractivity contribution is -0.138. The van der Waals surface area contributed by atoms with E-state index in [4.69, 9.17) is 33.0 Å². The van der Waals surface area contributed by atoms with E-state index < -0.39 is 5.97 Å². The monoisotopic (exact) mass is 381 g/mol. The summed E-state index contributed by atoms with van der Waals surface area (Å²) in [5.41, 5.74) is 1.96. The summed E-state index contributed by atoms with van der Waals surface area (Å²) in [4.78, 5) is 12.6. The minimum atomic E-state index is -0.822. The summed E-state index contributed by atoms with van der Waals surface area (Å²) in [6.07, 6.45) is 0.768. The molecule has 0 saturated carbocycles. The molecular formula is C19H21Cl2NO3. The van der Waals surface area contributed by atoms with Crippen molar-refractivity contribution >= 4 is 29.2 Å². The number of hydrogen-bond donors (Lipinski definition) is 1. The summed E-state index contributed by atoms with van der Waals surface area (Å²) < 4.78 is 5.76. The Balaban J connectivity index is 1.91. The zero-order valence-electron chi connectivity index (χ0n) is 14.2. The van der Waals surface area contributed by atoms with Crippen LogP contribution in [0.2, 0.25) is 10.0 Å². The standard InChI is InChI=1S/C19H21Cl2NO3/c1-13(22(2)11-19(23)24)9-14-3-6-17(7-4-14)25-12-15-10-16(20)5-8-18(15)21/h3-8,10,13H,9,11-12H2,1-2H3,(H,23,24)/t13-/m1/s1. The number of nitrogens with zero attached hydrogens (tertiary/aromatic N) is 1. The highest BCUT2D eigenvalue weighted by Crippen LogP contribution is 2.23. The number of benzene rings is 2. The quantitative estimate of drug-likeness (QED) is 0.729. The fourth-order valence-electron chi connectivity index (χ4n) is 2.40. The van der Waals surface area contributed by atoms with Gasteiger partial charge in [0.15, 0.2) is 0 Å². The van der Waals surface area contributed by atoms with Crippen LogP contribution in [0.25, 0.3) is 0 Å². The number of hydrogen-bond acceptors (Lipinski definition) is 3. The summed E-state index contributed by atoms with van der Waals surface area (Å²) >= 11 is 12.1. The minimum absolute atomic E-state index is 0.0305. The number of rotatable bonds is 8. The number of aliphatic carboxylic acids is 1. The molecule has 0 saturated heterocycles. The van der Waals surface area contributed by atoms with Gasteiger partial charge >= 0.3 is 5.97 Å². The van der Waals surface area contributed by atoms with Crippen LogP contribution in [0.5, 0.6) is 5.75 Å². The van der Waals surface area contributed by atoms with Crippen LogP contribution >= 0.6 is 23.2 Å². The average molecular weight is 382 g/mol. The Morgan fingerprint density at radius 3 is 2.52 bits per heavy atom. The van der Waals surface area contributed by atoms with Crippen LogP contribution in [0, 0.1) is 0 Å². The number of carboxylic acid groups (broad SMARTS) is 1. The normalized spacial score (nSPS) is 12.2. The molecule has 0 aliphatic heterocycles. The van der Waals surface area contributed by atoms with E-state index in [1.807, 2.05) is 43.1 Å². The van der Waals surface area contributed by atoms with Crippen molar-refractivity contribution < 1.29 is 14.6 Å². The van der Waals surface area contributed by atoms with Gasteiger partial charge in [0.25, 0.3) is 0 Å². The predicted octanol–water partition coefficient (Wildman–Crippen LogP) is 4.52. The van der Waals surface area contributed by atoms with Crippen LogP contribution in [0.4, 0.5) is 0 Å². The number of ether oxygens (including phenoxy) is 1. The first kappa shape index (κ1) is 19.6. The molecule has 0 bridgehead atoms. The van der Waals surface area contributed by atoms with Gasteiger partial charge in [0, 0.05) is 21.7 Å². The van der Waals surface area contributed by atoms with E-state index in [1.165, 1.54) is 0 Å². The molecule has 4 nitrogen and oxygen atoms in total. The van der Waals surface area contributed by atoms with Crippen molar-refractivity contribution in [3.8, 4) is 5.75 Å². The van der Waals surface area contributed by atoms with Crippen LogP contribution in [-0.2, 0) is 17.8 Å². The van der Waals surface area contributed by atoms with Crippen LogP contribution in [-0.4, -0.2) is 35.6 Å². The first-order chi connectivity index (χ1) is 11.8. The molecule has 0 fully saturated rings. The third kappa shape index (κ3) is 6.24. The van der Waals surface area contributed by atoms with Crippen molar-refractivity contribution in [3.05, 3.63) is 63.6 Å². The maximum Gasteiger partial charge on any atom is 0.317 e. The molecule has 0 aliphatic rings. The summed E-state index contributed by atoms with van der Waals surface area (Å²) in [6.45, 7) is 2.38. The molecule has 0 amide bonds. The molecular weight excluding hydrogens is 361 g/mol. The predicted molar refractivity (Wildman–Crippen MR) is 101 cm³/mol. The van der Waals surface area contributed by atoms with Gasteiger partial charge in [-0.25, -0.2) is 0 Å². The van der Waals surface area contributed by atoms with E-state index in [0.717, 1.165) is 23.3 Å². The summed E-state index contributed by atoms with van der Waals surface area (Å²) in [7, 11) is 1.81. The lowest BCUT2D eigenvalue weighted by atomic mass is 10.1. The third-order valence-electron chi connectivity index (χ3n) is 3.99. The molecule has 6 heteroatoms. The topological polar surface area (TPSA) is 49.8 Å². The van der Waals surface area contributed by atoms with E-state index in [9.17, 15) is 4.79 Å². The van der Waals surface area contributed by atoms with E-state index in [1.54, 1.807) is 18.2 Å². The van der Waals surface area contributed by atoms with Crippen molar-refractivity contribution in [2.24, 2.45) is 0 Å². The van der Waals surface area contributed by atoms with Gasteiger partial charge in [0.1, 0.15) is 12.4 Å². The number of carbonyl (C=O) groups is 1.